The zero-order valence-corrected chi connectivity index (χ0v) is 9.97. The van der Waals surface area contributed by atoms with Crippen LogP contribution in [0.15, 0.2) is 6.33 Å². The van der Waals surface area contributed by atoms with E-state index in [9.17, 15) is 4.79 Å². The maximum atomic E-state index is 11.7. The van der Waals surface area contributed by atoms with Crippen molar-refractivity contribution in [3.05, 3.63) is 12.2 Å². The summed E-state index contributed by atoms with van der Waals surface area (Å²) >= 11 is 0. The lowest BCUT2D eigenvalue weighted by atomic mass is 10.2. The molecule has 90 valence electrons. The first-order chi connectivity index (χ1) is 7.54. The zero-order valence-electron chi connectivity index (χ0n) is 9.97. The van der Waals surface area contributed by atoms with E-state index in [-0.39, 0.29) is 18.5 Å². The van der Waals surface area contributed by atoms with Gasteiger partial charge in [0.2, 0.25) is 5.91 Å². The Kier molecular flexibility index (Phi) is 4.42. The average Bonchev–Trinajstić information content (AvgIpc) is 2.73. The van der Waals surface area contributed by atoms with Crippen LogP contribution in [-0.4, -0.2) is 27.2 Å². The number of hydrogen-bond acceptors (Lipinski definition) is 4. The lowest BCUT2D eigenvalue weighted by molar-refractivity contribution is -0.124. The molecule has 0 spiro atoms. The first-order valence-corrected chi connectivity index (χ1v) is 5.42. The van der Waals surface area contributed by atoms with Crippen molar-refractivity contribution in [1.29, 1.82) is 0 Å². The van der Waals surface area contributed by atoms with Gasteiger partial charge in [-0.15, -0.1) is 0 Å². The predicted octanol–water partition coefficient (Wildman–Crippen LogP) is 0.0700. The average molecular weight is 225 g/mol. The van der Waals surface area contributed by atoms with Crippen LogP contribution in [0.3, 0.4) is 0 Å². The fourth-order valence-corrected chi connectivity index (χ4v) is 1.16. The van der Waals surface area contributed by atoms with E-state index >= 15 is 0 Å². The van der Waals surface area contributed by atoms with Gasteiger partial charge in [-0.2, -0.15) is 5.10 Å². The summed E-state index contributed by atoms with van der Waals surface area (Å²) in [5.74, 6) is 0.928. The molecule has 0 aromatic carbocycles. The van der Waals surface area contributed by atoms with Crippen LogP contribution in [0.5, 0.6) is 0 Å². The molecule has 1 aromatic rings. The topological polar surface area (TPSA) is 85.8 Å². The molecule has 0 aliphatic heterocycles. The number of carbonyl (C=O) groups excluding carboxylic acids is 1. The number of carbonyl (C=O) groups is 1. The van der Waals surface area contributed by atoms with Crippen molar-refractivity contribution in [2.45, 2.75) is 33.4 Å². The standard InChI is InChI=1S/C10H19N5O/c1-7(2)5-12-10(16)8(3)15-6-13-9(4-11)14-15/h6-8H,4-5,11H2,1-3H3,(H,12,16). The molecule has 1 rings (SSSR count). The summed E-state index contributed by atoms with van der Waals surface area (Å²) in [4.78, 5) is 15.7. The maximum Gasteiger partial charge on any atom is 0.244 e. The van der Waals surface area contributed by atoms with Crippen LogP contribution < -0.4 is 11.1 Å². The summed E-state index contributed by atoms with van der Waals surface area (Å²) < 4.78 is 1.53. The van der Waals surface area contributed by atoms with E-state index in [1.807, 2.05) is 13.8 Å². The van der Waals surface area contributed by atoms with E-state index in [1.165, 1.54) is 11.0 Å². The SMILES string of the molecule is CC(C)CNC(=O)C(C)n1cnc(CN)n1. The summed E-state index contributed by atoms with van der Waals surface area (Å²) in [5, 5.41) is 6.95. The van der Waals surface area contributed by atoms with E-state index < -0.39 is 0 Å². The number of amides is 1. The van der Waals surface area contributed by atoms with Crippen molar-refractivity contribution >= 4 is 5.91 Å². The van der Waals surface area contributed by atoms with E-state index in [0.717, 1.165) is 0 Å². The molecule has 1 aromatic heterocycles. The molecule has 1 atom stereocenters. The van der Waals surface area contributed by atoms with Crippen LogP contribution in [-0.2, 0) is 11.3 Å². The Labute approximate surface area is 95.2 Å². The molecule has 6 heteroatoms. The van der Waals surface area contributed by atoms with Crippen molar-refractivity contribution < 1.29 is 4.79 Å². The highest BCUT2D eigenvalue weighted by Crippen LogP contribution is 2.03. The highest BCUT2D eigenvalue weighted by atomic mass is 16.2. The fourth-order valence-electron chi connectivity index (χ4n) is 1.16. The third-order valence-corrected chi connectivity index (χ3v) is 2.20. The van der Waals surface area contributed by atoms with Gasteiger partial charge in [0.05, 0.1) is 6.54 Å². The largest absolute Gasteiger partial charge is 0.354 e. The van der Waals surface area contributed by atoms with Crippen molar-refractivity contribution in [2.24, 2.45) is 11.7 Å². The molecule has 6 nitrogen and oxygen atoms in total. The number of hydrogen-bond donors (Lipinski definition) is 2. The number of nitrogens with zero attached hydrogens (tertiary/aromatic N) is 3. The highest BCUT2D eigenvalue weighted by Gasteiger charge is 2.16. The Bertz CT molecular complexity index is 347. The molecule has 16 heavy (non-hydrogen) atoms. The molecule has 0 aliphatic rings. The Hall–Kier alpha value is -1.43. The Balaban J connectivity index is 2.56. The van der Waals surface area contributed by atoms with Crippen molar-refractivity contribution in [3.8, 4) is 0 Å². The molecular formula is C10H19N5O. The molecule has 0 saturated carbocycles. The molecule has 0 radical (unpaired) electrons. The van der Waals surface area contributed by atoms with E-state index in [1.54, 1.807) is 6.92 Å². The van der Waals surface area contributed by atoms with Crippen molar-refractivity contribution in [3.63, 3.8) is 0 Å². The molecule has 0 saturated heterocycles. The quantitative estimate of drug-likeness (QED) is 0.742. The van der Waals surface area contributed by atoms with Gasteiger partial charge in [-0.1, -0.05) is 13.8 Å². The Morgan fingerprint density at radius 2 is 2.25 bits per heavy atom. The normalized spacial score (nSPS) is 12.8. The molecule has 1 amide bonds. The lowest BCUT2D eigenvalue weighted by Gasteiger charge is -2.13. The summed E-state index contributed by atoms with van der Waals surface area (Å²) in [5.41, 5.74) is 5.40. The van der Waals surface area contributed by atoms with Gasteiger partial charge >= 0.3 is 0 Å². The number of rotatable bonds is 5. The van der Waals surface area contributed by atoms with Gasteiger partial charge in [0.1, 0.15) is 12.4 Å². The van der Waals surface area contributed by atoms with Crippen LogP contribution in [0.4, 0.5) is 0 Å². The summed E-state index contributed by atoms with van der Waals surface area (Å²) in [6.07, 6.45) is 1.53. The van der Waals surface area contributed by atoms with Crippen molar-refractivity contribution in [1.82, 2.24) is 20.1 Å². The van der Waals surface area contributed by atoms with Crippen LogP contribution in [0.2, 0.25) is 0 Å². The second-order valence-electron chi connectivity index (χ2n) is 4.16. The minimum absolute atomic E-state index is 0.0535. The van der Waals surface area contributed by atoms with Crippen LogP contribution in [0.25, 0.3) is 0 Å². The number of nitrogens with two attached hydrogens (primary N) is 1. The predicted molar refractivity (Wildman–Crippen MR) is 60.5 cm³/mol. The highest BCUT2D eigenvalue weighted by molar-refractivity contribution is 5.79. The van der Waals surface area contributed by atoms with Gasteiger partial charge in [0.15, 0.2) is 5.82 Å². The third-order valence-electron chi connectivity index (χ3n) is 2.20. The number of nitrogens with one attached hydrogen (secondary N) is 1. The second-order valence-corrected chi connectivity index (χ2v) is 4.16. The van der Waals surface area contributed by atoms with E-state index in [0.29, 0.717) is 18.3 Å². The summed E-state index contributed by atoms with van der Waals surface area (Å²) in [7, 11) is 0. The minimum Gasteiger partial charge on any atom is -0.354 e. The smallest absolute Gasteiger partial charge is 0.244 e. The van der Waals surface area contributed by atoms with Crippen LogP contribution >= 0.6 is 0 Å². The lowest BCUT2D eigenvalue weighted by Crippen LogP contribution is -2.33. The first-order valence-electron chi connectivity index (χ1n) is 5.42. The van der Waals surface area contributed by atoms with Gasteiger partial charge < -0.3 is 11.1 Å². The monoisotopic (exact) mass is 225 g/mol. The van der Waals surface area contributed by atoms with Gasteiger partial charge in [-0.05, 0) is 12.8 Å². The third kappa shape index (κ3) is 3.30. The van der Waals surface area contributed by atoms with Gasteiger partial charge in [0.25, 0.3) is 0 Å². The summed E-state index contributed by atoms with van der Waals surface area (Å²) in [6.45, 7) is 6.83. The van der Waals surface area contributed by atoms with Crippen LogP contribution in [0, 0.1) is 5.92 Å². The minimum atomic E-state index is -0.355. The fraction of sp³-hybridized carbons (Fsp3) is 0.700. The second kappa shape index (κ2) is 5.60. The molecular weight excluding hydrogens is 206 g/mol. The van der Waals surface area contributed by atoms with Crippen molar-refractivity contribution in [2.75, 3.05) is 6.54 Å². The zero-order chi connectivity index (χ0) is 12.1. The molecule has 0 bridgehead atoms. The first kappa shape index (κ1) is 12.6. The van der Waals surface area contributed by atoms with Gasteiger partial charge in [0, 0.05) is 6.54 Å². The maximum absolute atomic E-state index is 11.7. The summed E-state index contributed by atoms with van der Waals surface area (Å²) in [6, 6.07) is -0.355. The van der Waals surface area contributed by atoms with E-state index in [4.69, 9.17) is 5.73 Å². The molecule has 0 fully saturated rings. The Morgan fingerprint density at radius 3 is 2.75 bits per heavy atom. The molecule has 3 N–H and O–H groups in total. The van der Waals surface area contributed by atoms with E-state index in [2.05, 4.69) is 15.4 Å². The molecule has 0 aliphatic carbocycles. The molecule has 1 unspecified atom stereocenters. The van der Waals surface area contributed by atoms with Crippen LogP contribution in [0.1, 0.15) is 32.6 Å². The van der Waals surface area contributed by atoms with Gasteiger partial charge in [-0.3, -0.25) is 4.79 Å². The van der Waals surface area contributed by atoms with Gasteiger partial charge in [-0.25, -0.2) is 9.67 Å². The Morgan fingerprint density at radius 1 is 1.56 bits per heavy atom. The molecule has 1 heterocycles. The number of aromatic nitrogens is 3.